The van der Waals surface area contributed by atoms with Gasteiger partial charge in [0.15, 0.2) is 5.82 Å². The molecule has 0 radical (unpaired) electrons. The van der Waals surface area contributed by atoms with Crippen molar-refractivity contribution in [1.82, 2.24) is 30.2 Å². The van der Waals surface area contributed by atoms with Crippen molar-refractivity contribution in [2.45, 2.75) is 57.2 Å². The molecule has 2 heterocycles. The molecule has 37 heavy (non-hydrogen) atoms. The number of H-pyrrole nitrogens is 1. The molecule has 0 saturated carbocycles. The second-order valence-electron chi connectivity index (χ2n) is 8.57. The lowest BCUT2D eigenvalue weighted by Crippen LogP contribution is -2.38. The highest BCUT2D eigenvalue weighted by atomic mass is 19.4. The monoisotopic (exact) mass is 522 g/mol. The second-order valence-corrected chi connectivity index (χ2v) is 8.57. The first-order valence-electron chi connectivity index (χ1n) is 11.6. The summed E-state index contributed by atoms with van der Waals surface area (Å²) in [7, 11) is 0. The smallest absolute Gasteiger partial charge is 0.461 e. The molecule has 1 atom stereocenters. The van der Waals surface area contributed by atoms with Gasteiger partial charge in [0, 0.05) is 5.56 Å². The summed E-state index contributed by atoms with van der Waals surface area (Å²) in [5, 5.41) is 23.6. The van der Waals surface area contributed by atoms with Gasteiger partial charge in [-0.2, -0.15) is 27.2 Å². The topological polar surface area (TPSA) is 110 Å². The van der Waals surface area contributed by atoms with E-state index in [1.54, 1.807) is 24.3 Å². The first-order chi connectivity index (χ1) is 17.6. The number of rotatable bonds is 10. The van der Waals surface area contributed by atoms with E-state index in [0.717, 1.165) is 12.8 Å². The predicted molar refractivity (Wildman–Crippen MR) is 124 cm³/mol. The maximum Gasteiger partial charge on any atom is 0.461 e. The van der Waals surface area contributed by atoms with Crippen molar-refractivity contribution in [3.05, 3.63) is 48.3 Å². The lowest BCUT2D eigenvalue weighted by atomic mass is 9.99. The summed E-state index contributed by atoms with van der Waals surface area (Å²) in [6, 6.07) is 9.33. The van der Waals surface area contributed by atoms with Crippen LogP contribution in [0, 0.1) is 0 Å². The molecule has 2 aromatic heterocycles. The summed E-state index contributed by atoms with van der Waals surface area (Å²) in [4.78, 5) is 15.8. The van der Waals surface area contributed by atoms with Crippen LogP contribution in [0.5, 0.6) is 0 Å². The van der Waals surface area contributed by atoms with E-state index in [9.17, 15) is 31.9 Å². The Morgan fingerprint density at radius 1 is 1.05 bits per heavy atom. The number of hydrogen-bond donors (Lipinski definition) is 2. The van der Waals surface area contributed by atoms with Crippen LogP contribution in [-0.2, 0) is 10.7 Å². The van der Waals surface area contributed by atoms with E-state index >= 15 is 0 Å². The van der Waals surface area contributed by atoms with Crippen LogP contribution in [0.15, 0.2) is 42.5 Å². The van der Waals surface area contributed by atoms with Crippen LogP contribution in [0.2, 0.25) is 0 Å². The highest BCUT2D eigenvalue weighted by Crippen LogP contribution is 2.46. The molecule has 196 valence electrons. The number of unbranched alkanes of at least 4 members (excludes halogenated alkanes) is 3. The number of aromatic amines is 1. The summed E-state index contributed by atoms with van der Waals surface area (Å²) in [6.45, 7) is 1.94. The van der Waals surface area contributed by atoms with Crippen molar-refractivity contribution in [2.75, 3.05) is 0 Å². The number of aromatic nitrogens is 6. The van der Waals surface area contributed by atoms with Gasteiger partial charge in [0.25, 0.3) is 0 Å². The van der Waals surface area contributed by atoms with Crippen molar-refractivity contribution < 1.29 is 31.9 Å². The normalized spacial score (nSPS) is 13.2. The number of alkyl halides is 5. The zero-order chi connectivity index (χ0) is 26.8. The number of halogens is 5. The van der Waals surface area contributed by atoms with Gasteiger partial charge in [-0.1, -0.05) is 62.9 Å². The first kappa shape index (κ1) is 26.2. The third kappa shape index (κ3) is 5.02. The Bertz CT molecular complexity index is 1380. The molecule has 0 spiro atoms. The minimum atomic E-state index is -5.97. The molecular formula is C24H23F5N6O2. The number of carboxylic acid groups (broad SMARTS) is 1. The van der Waals surface area contributed by atoms with Crippen LogP contribution in [0.3, 0.4) is 0 Å². The minimum absolute atomic E-state index is 0.121. The van der Waals surface area contributed by atoms with Gasteiger partial charge in [-0.15, -0.1) is 10.2 Å². The molecule has 0 fully saturated rings. The van der Waals surface area contributed by atoms with Gasteiger partial charge in [0.05, 0.1) is 11.0 Å². The predicted octanol–water partition coefficient (Wildman–Crippen LogP) is 6.13. The van der Waals surface area contributed by atoms with Gasteiger partial charge >= 0.3 is 18.1 Å². The molecule has 2 N–H and O–H groups in total. The van der Waals surface area contributed by atoms with Crippen molar-refractivity contribution in [3.63, 3.8) is 0 Å². The summed E-state index contributed by atoms with van der Waals surface area (Å²) >= 11 is 0. The fraction of sp³-hybridized carbons (Fsp3) is 0.375. The van der Waals surface area contributed by atoms with Gasteiger partial charge in [0.1, 0.15) is 6.04 Å². The highest BCUT2D eigenvalue weighted by molar-refractivity contribution is 5.88. The van der Waals surface area contributed by atoms with Crippen LogP contribution < -0.4 is 0 Å². The molecule has 0 amide bonds. The zero-order valence-corrected chi connectivity index (χ0v) is 19.6. The van der Waals surface area contributed by atoms with E-state index in [1.807, 2.05) is 6.92 Å². The summed E-state index contributed by atoms with van der Waals surface area (Å²) < 4.78 is 70.1. The molecule has 8 nitrogen and oxygen atoms in total. The van der Waals surface area contributed by atoms with Gasteiger partial charge in [0.2, 0.25) is 5.82 Å². The molecule has 2 aromatic carbocycles. The van der Waals surface area contributed by atoms with Crippen LogP contribution in [0.1, 0.15) is 50.9 Å². The van der Waals surface area contributed by atoms with Crippen molar-refractivity contribution >= 4 is 17.0 Å². The van der Waals surface area contributed by atoms with Crippen LogP contribution in [0.4, 0.5) is 22.0 Å². The third-order valence-electron chi connectivity index (χ3n) is 6.08. The van der Waals surface area contributed by atoms with Gasteiger partial charge in [-0.25, -0.2) is 9.78 Å². The van der Waals surface area contributed by atoms with E-state index in [2.05, 4.69) is 25.6 Å². The molecule has 0 aliphatic carbocycles. The van der Waals surface area contributed by atoms with Crippen LogP contribution in [0.25, 0.3) is 33.5 Å². The number of fused-ring (bicyclic) bond motifs is 1. The Labute approximate surface area is 207 Å². The number of hydrogen-bond acceptors (Lipinski definition) is 5. The van der Waals surface area contributed by atoms with E-state index < -0.39 is 29.9 Å². The molecule has 0 bridgehead atoms. The van der Waals surface area contributed by atoms with Crippen molar-refractivity contribution in [3.8, 4) is 22.5 Å². The maximum atomic E-state index is 14.7. The maximum absolute atomic E-state index is 14.7. The van der Waals surface area contributed by atoms with E-state index in [-0.39, 0.29) is 23.3 Å². The summed E-state index contributed by atoms with van der Waals surface area (Å²) in [5.41, 5.74) is 1.20. The van der Waals surface area contributed by atoms with E-state index in [1.165, 1.54) is 18.2 Å². The number of nitrogens with zero attached hydrogens (tertiary/aromatic N) is 5. The Balaban J connectivity index is 1.89. The molecule has 0 aliphatic rings. The fourth-order valence-corrected chi connectivity index (χ4v) is 4.26. The Morgan fingerprint density at radius 2 is 1.78 bits per heavy atom. The summed E-state index contributed by atoms with van der Waals surface area (Å²) in [5.74, 6) is -8.28. The van der Waals surface area contributed by atoms with Crippen LogP contribution in [-0.4, -0.2) is 47.4 Å². The van der Waals surface area contributed by atoms with Gasteiger partial charge < -0.3 is 9.67 Å². The number of aliphatic carboxylic acids is 1. The Hall–Kier alpha value is -3.90. The minimum Gasteiger partial charge on any atom is -0.480 e. The number of carbonyl (C=O) groups is 1. The number of imidazole rings is 1. The number of carboxylic acids is 1. The first-order valence-corrected chi connectivity index (χ1v) is 11.6. The standard InChI is InChI=1S/C24H23F5N6O2/c1-2-3-4-5-10-19(21(36)37)35-18-12-11-14(13-17(18)30-22(35)23(25,26)24(27,28)29)15-8-6-7-9-16(15)20-31-33-34-32-20/h6-9,11-13,19H,2-5,10H2,1H3,(H,36,37)(H,31,32,33,34). The Kier molecular flexibility index (Phi) is 7.23. The number of nitrogens with one attached hydrogen (secondary N) is 1. The summed E-state index contributed by atoms with van der Waals surface area (Å²) in [6.07, 6.45) is -3.49. The third-order valence-corrected chi connectivity index (χ3v) is 6.08. The van der Waals surface area contributed by atoms with Gasteiger partial charge in [-0.05, 0) is 34.9 Å². The van der Waals surface area contributed by atoms with Crippen LogP contribution >= 0.6 is 0 Å². The SMILES string of the molecule is CCCCCCC(C(=O)O)n1c(C(F)(F)C(F)(F)F)nc2cc(-c3ccccc3-c3nn[nH]n3)ccc21. The average Bonchev–Trinajstić information content (AvgIpc) is 3.51. The molecule has 0 saturated heterocycles. The second kappa shape index (κ2) is 10.2. The van der Waals surface area contributed by atoms with Crippen molar-refractivity contribution in [2.24, 2.45) is 0 Å². The number of tetrazole rings is 1. The lowest BCUT2D eigenvalue weighted by Gasteiger charge is -2.24. The Morgan fingerprint density at radius 3 is 2.41 bits per heavy atom. The quantitative estimate of drug-likeness (QED) is 0.191. The molecule has 13 heteroatoms. The largest absolute Gasteiger partial charge is 0.480 e. The fourth-order valence-electron chi connectivity index (χ4n) is 4.26. The van der Waals surface area contributed by atoms with Gasteiger partial charge in [-0.3, -0.25) is 0 Å². The molecular weight excluding hydrogens is 499 g/mol. The zero-order valence-electron chi connectivity index (χ0n) is 19.6. The lowest BCUT2D eigenvalue weighted by molar-refractivity contribution is -0.293. The van der Waals surface area contributed by atoms with Crippen molar-refractivity contribution in [1.29, 1.82) is 0 Å². The highest BCUT2D eigenvalue weighted by Gasteiger charge is 2.62. The molecule has 0 aliphatic heterocycles. The average molecular weight is 522 g/mol. The molecule has 1 unspecified atom stereocenters. The van der Waals surface area contributed by atoms with E-state index in [4.69, 9.17) is 0 Å². The van der Waals surface area contributed by atoms with E-state index in [0.29, 0.717) is 34.1 Å². The molecule has 4 aromatic rings. The number of benzene rings is 2. The molecule has 4 rings (SSSR count).